The van der Waals surface area contributed by atoms with E-state index < -0.39 is 15.0 Å². The predicted molar refractivity (Wildman–Crippen MR) is 75.4 cm³/mol. The van der Waals surface area contributed by atoms with E-state index >= 15 is 0 Å². The van der Waals surface area contributed by atoms with E-state index in [0.717, 1.165) is 25.7 Å². The maximum atomic E-state index is 12.4. The van der Waals surface area contributed by atoms with E-state index in [-0.39, 0.29) is 16.6 Å². The molecule has 20 heavy (non-hydrogen) atoms. The van der Waals surface area contributed by atoms with Crippen LogP contribution in [0, 0.1) is 0 Å². The number of rotatable bonds is 5. The standard InChI is InChI=1S/C12H18ClN3O3S/c1-3-5-9-11(20(13,18)19)10(15-14-9)12(17)16(2)8-6-4-7-8/h8H,3-7H2,1-2H3,(H,14,15). The molecule has 1 aromatic rings. The number of aryl methyl sites for hydroxylation is 1. The molecule has 1 aliphatic rings. The fourth-order valence-corrected chi connectivity index (χ4v) is 3.61. The average Bonchev–Trinajstić information content (AvgIpc) is 2.69. The molecule has 0 aromatic carbocycles. The molecule has 0 bridgehead atoms. The van der Waals surface area contributed by atoms with Gasteiger partial charge in [-0.05, 0) is 25.7 Å². The smallest absolute Gasteiger partial charge is 0.275 e. The predicted octanol–water partition coefficient (Wildman–Crippen LogP) is 1.91. The van der Waals surface area contributed by atoms with Gasteiger partial charge in [0.15, 0.2) is 5.69 Å². The molecule has 0 aliphatic heterocycles. The first-order chi connectivity index (χ1) is 9.36. The van der Waals surface area contributed by atoms with Crippen molar-refractivity contribution in [2.45, 2.75) is 50.0 Å². The summed E-state index contributed by atoms with van der Waals surface area (Å²) in [6.45, 7) is 1.91. The van der Waals surface area contributed by atoms with Crippen molar-refractivity contribution in [3.05, 3.63) is 11.4 Å². The summed E-state index contributed by atoms with van der Waals surface area (Å²) in [6.07, 6.45) is 4.18. The molecule has 2 rings (SSSR count). The molecule has 1 amide bonds. The Bertz CT molecular complexity index is 607. The Morgan fingerprint density at radius 3 is 2.60 bits per heavy atom. The zero-order valence-electron chi connectivity index (χ0n) is 11.5. The lowest BCUT2D eigenvalue weighted by molar-refractivity contribution is 0.0642. The maximum absolute atomic E-state index is 12.4. The molecular weight excluding hydrogens is 302 g/mol. The van der Waals surface area contributed by atoms with Crippen LogP contribution in [-0.2, 0) is 15.5 Å². The van der Waals surface area contributed by atoms with Gasteiger partial charge in [-0.25, -0.2) is 8.42 Å². The average molecular weight is 320 g/mol. The van der Waals surface area contributed by atoms with E-state index in [1.807, 2.05) is 6.92 Å². The van der Waals surface area contributed by atoms with E-state index in [1.165, 1.54) is 0 Å². The summed E-state index contributed by atoms with van der Waals surface area (Å²) in [7, 11) is 3.13. The number of halogens is 1. The first-order valence-electron chi connectivity index (χ1n) is 6.65. The molecular formula is C12H18ClN3O3S. The fourth-order valence-electron chi connectivity index (χ4n) is 2.30. The highest BCUT2D eigenvalue weighted by molar-refractivity contribution is 8.13. The number of carbonyl (C=O) groups is 1. The largest absolute Gasteiger partial charge is 0.337 e. The molecule has 0 spiro atoms. The second-order valence-electron chi connectivity index (χ2n) is 5.07. The molecule has 1 N–H and O–H groups in total. The lowest BCUT2D eigenvalue weighted by Crippen LogP contribution is -2.41. The van der Waals surface area contributed by atoms with Gasteiger partial charge in [-0.2, -0.15) is 5.10 Å². The second-order valence-corrected chi connectivity index (χ2v) is 7.57. The summed E-state index contributed by atoms with van der Waals surface area (Å²) in [5.41, 5.74) is 0.297. The summed E-state index contributed by atoms with van der Waals surface area (Å²) in [5, 5.41) is 6.51. The molecule has 1 aromatic heterocycles. The van der Waals surface area contributed by atoms with Crippen LogP contribution in [0.2, 0.25) is 0 Å². The van der Waals surface area contributed by atoms with Crippen molar-refractivity contribution in [3.8, 4) is 0 Å². The Morgan fingerprint density at radius 2 is 2.15 bits per heavy atom. The lowest BCUT2D eigenvalue weighted by Gasteiger charge is -2.34. The van der Waals surface area contributed by atoms with Crippen LogP contribution in [0.4, 0.5) is 0 Å². The van der Waals surface area contributed by atoms with Crippen molar-refractivity contribution < 1.29 is 13.2 Å². The Labute approximate surface area is 122 Å². The third kappa shape index (κ3) is 2.83. The van der Waals surface area contributed by atoms with E-state index in [0.29, 0.717) is 12.1 Å². The van der Waals surface area contributed by atoms with Gasteiger partial charge in [0.2, 0.25) is 0 Å². The summed E-state index contributed by atoms with van der Waals surface area (Å²) in [4.78, 5) is 13.8. The van der Waals surface area contributed by atoms with E-state index in [9.17, 15) is 13.2 Å². The number of nitrogens with zero attached hydrogens (tertiary/aromatic N) is 2. The van der Waals surface area contributed by atoms with Crippen LogP contribution in [-0.4, -0.2) is 42.5 Å². The van der Waals surface area contributed by atoms with Crippen LogP contribution >= 0.6 is 10.7 Å². The van der Waals surface area contributed by atoms with Gasteiger partial charge in [-0.3, -0.25) is 9.89 Å². The Balaban J connectivity index is 2.38. The van der Waals surface area contributed by atoms with Crippen molar-refractivity contribution in [2.75, 3.05) is 7.05 Å². The molecule has 112 valence electrons. The molecule has 1 fully saturated rings. The van der Waals surface area contributed by atoms with Gasteiger partial charge in [-0.1, -0.05) is 13.3 Å². The summed E-state index contributed by atoms with van der Waals surface area (Å²) < 4.78 is 23.5. The Hall–Kier alpha value is -1.08. The minimum Gasteiger partial charge on any atom is -0.337 e. The van der Waals surface area contributed by atoms with Crippen molar-refractivity contribution >= 4 is 25.6 Å². The summed E-state index contributed by atoms with van der Waals surface area (Å²) >= 11 is 0. The van der Waals surface area contributed by atoms with E-state index in [2.05, 4.69) is 10.2 Å². The van der Waals surface area contributed by atoms with Gasteiger partial charge in [-0.15, -0.1) is 0 Å². The van der Waals surface area contributed by atoms with Gasteiger partial charge in [0.05, 0.1) is 5.69 Å². The van der Waals surface area contributed by atoms with Crippen molar-refractivity contribution in [3.63, 3.8) is 0 Å². The van der Waals surface area contributed by atoms with Gasteiger partial charge in [0.25, 0.3) is 15.0 Å². The van der Waals surface area contributed by atoms with Crippen LogP contribution < -0.4 is 0 Å². The van der Waals surface area contributed by atoms with Crippen LogP contribution in [0.1, 0.15) is 48.8 Å². The zero-order valence-corrected chi connectivity index (χ0v) is 13.1. The molecule has 0 saturated heterocycles. The first kappa shape index (κ1) is 15.3. The van der Waals surface area contributed by atoms with Gasteiger partial charge in [0.1, 0.15) is 4.90 Å². The SMILES string of the molecule is CCCc1[nH]nc(C(=O)N(C)C2CCC2)c1S(=O)(=O)Cl. The first-order valence-corrected chi connectivity index (χ1v) is 8.96. The number of hydrogen-bond acceptors (Lipinski definition) is 4. The highest BCUT2D eigenvalue weighted by Gasteiger charge is 2.33. The molecule has 1 saturated carbocycles. The Kier molecular flexibility index (Phi) is 4.39. The van der Waals surface area contributed by atoms with E-state index in [4.69, 9.17) is 10.7 Å². The molecule has 8 heteroatoms. The van der Waals surface area contributed by atoms with Gasteiger partial charge >= 0.3 is 0 Å². The molecule has 1 heterocycles. The minimum atomic E-state index is -4.00. The number of aromatic amines is 1. The van der Waals surface area contributed by atoms with Crippen LogP contribution in [0.15, 0.2) is 4.90 Å². The minimum absolute atomic E-state index is 0.0992. The number of hydrogen-bond donors (Lipinski definition) is 1. The van der Waals surface area contributed by atoms with Crippen LogP contribution in [0.3, 0.4) is 0 Å². The quantitative estimate of drug-likeness (QED) is 0.840. The van der Waals surface area contributed by atoms with Crippen molar-refractivity contribution in [1.29, 1.82) is 0 Å². The molecule has 0 radical (unpaired) electrons. The summed E-state index contributed by atoms with van der Waals surface area (Å²) in [6, 6.07) is 0.166. The normalized spacial score (nSPS) is 15.9. The van der Waals surface area contributed by atoms with Crippen molar-refractivity contribution in [1.82, 2.24) is 15.1 Å². The number of H-pyrrole nitrogens is 1. The monoisotopic (exact) mass is 319 g/mol. The third-order valence-electron chi connectivity index (χ3n) is 3.68. The van der Waals surface area contributed by atoms with Crippen molar-refractivity contribution in [2.24, 2.45) is 0 Å². The second kappa shape index (κ2) is 5.73. The molecule has 0 unspecified atom stereocenters. The number of nitrogens with one attached hydrogen (secondary N) is 1. The fraction of sp³-hybridized carbons (Fsp3) is 0.667. The highest BCUT2D eigenvalue weighted by Crippen LogP contribution is 2.28. The zero-order chi connectivity index (χ0) is 14.9. The topological polar surface area (TPSA) is 83.1 Å². The number of aromatic nitrogens is 2. The van der Waals surface area contributed by atoms with Gasteiger partial charge < -0.3 is 4.90 Å². The molecule has 6 nitrogen and oxygen atoms in total. The molecule has 1 aliphatic carbocycles. The maximum Gasteiger partial charge on any atom is 0.275 e. The van der Waals surface area contributed by atoms with E-state index in [1.54, 1.807) is 11.9 Å². The highest BCUT2D eigenvalue weighted by atomic mass is 35.7. The number of carbonyl (C=O) groups excluding carboxylic acids is 1. The molecule has 0 atom stereocenters. The van der Waals surface area contributed by atoms with Crippen LogP contribution in [0.25, 0.3) is 0 Å². The Morgan fingerprint density at radius 1 is 1.50 bits per heavy atom. The van der Waals surface area contributed by atoms with Crippen LogP contribution in [0.5, 0.6) is 0 Å². The van der Waals surface area contributed by atoms with Gasteiger partial charge in [0, 0.05) is 23.8 Å². The lowest BCUT2D eigenvalue weighted by atomic mass is 9.92. The summed E-state index contributed by atoms with van der Waals surface area (Å²) in [5.74, 6) is -0.396. The number of amides is 1. The third-order valence-corrected chi connectivity index (χ3v) is 5.07.